The molecule has 0 spiro atoms. The lowest BCUT2D eigenvalue weighted by molar-refractivity contribution is -0.113. The molecule has 3 aromatic rings. The van der Waals surface area contributed by atoms with Crippen LogP contribution < -0.4 is 20.1 Å². The zero-order valence-corrected chi connectivity index (χ0v) is 20.7. The minimum Gasteiger partial charge on any atom is -0.491 e. The Balaban J connectivity index is 1.08. The number of aromatic nitrogens is 3. The summed E-state index contributed by atoms with van der Waals surface area (Å²) in [7, 11) is 1.59. The van der Waals surface area contributed by atoms with Crippen LogP contribution in [-0.4, -0.2) is 77.1 Å². The molecule has 188 valence electrons. The molecule has 0 aliphatic carbocycles. The molecule has 3 atom stereocenters. The maximum atomic E-state index is 15.2. The van der Waals surface area contributed by atoms with E-state index in [-0.39, 0.29) is 17.9 Å². The van der Waals surface area contributed by atoms with Crippen LogP contribution in [0.3, 0.4) is 0 Å². The van der Waals surface area contributed by atoms with Crippen LogP contribution in [0.5, 0.6) is 11.6 Å². The van der Waals surface area contributed by atoms with E-state index >= 15 is 4.39 Å². The summed E-state index contributed by atoms with van der Waals surface area (Å²) in [6, 6.07) is 7.34. The molecule has 6 heterocycles. The van der Waals surface area contributed by atoms with E-state index in [0.717, 1.165) is 39.5 Å². The molecule has 11 heteroatoms. The average molecular weight is 511 g/mol. The molecule has 0 aromatic carbocycles. The third-order valence-electron chi connectivity index (χ3n) is 6.93. The van der Waals surface area contributed by atoms with E-state index in [1.807, 2.05) is 18.2 Å². The number of carbonyl (C=O) groups excluding carboxylic acids is 1. The summed E-state index contributed by atoms with van der Waals surface area (Å²) < 4.78 is 26.4. The van der Waals surface area contributed by atoms with Gasteiger partial charge in [0.2, 0.25) is 11.8 Å². The number of hydrogen-bond donors (Lipinski definition) is 2. The predicted molar refractivity (Wildman–Crippen MR) is 134 cm³/mol. The minimum absolute atomic E-state index is 0.0456. The minimum atomic E-state index is -0.999. The molecule has 1 saturated heterocycles. The number of rotatable bonds is 6. The van der Waals surface area contributed by atoms with Gasteiger partial charge in [-0.25, -0.2) is 14.4 Å². The van der Waals surface area contributed by atoms with Crippen molar-refractivity contribution < 1.29 is 18.7 Å². The van der Waals surface area contributed by atoms with Gasteiger partial charge in [-0.15, -0.1) is 11.8 Å². The number of methoxy groups -OCH3 is 1. The highest BCUT2D eigenvalue weighted by molar-refractivity contribution is 8.00. The third-order valence-corrected chi connectivity index (χ3v) is 7.98. The first-order chi connectivity index (χ1) is 17.6. The number of alkyl halides is 1. The monoisotopic (exact) mass is 510 g/mol. The van der Waals surface area contributed by atoms with Crippen molar-refractivity contribution in [3.63, 3.8) is 0 Å². The second kappa shape index (κ2) is 9.79. The Morgan fingerprint density at radius 1 is 1.31 bits per heavy atom. The third kappa shape index (κ3) is 4.58. The average Bonchev–Trinajstić information content (AvgIpc) is 3.30. The molecule has 3 aliphatic rings. The number of fused-ring (bicyclic) bond motifs is 4. The highest BCUT2D eigenvalue weighted by atomic mass is 32.2. The van der Waals surface area contributed by atoms with Crippen molar-refractivity contribution in [1.82, 2.24) is 25.2 Å². The van der Waals surface area contributed by atoms with E-state index in [2.05, 4.69) is 30.5 Å². The van der Waals surface area contributed by atoms with Crippen LogP contribution in [0.2, 0.25) is 0 Å². The summed E-state index contributed by atoms with van der Waals surface area (Å²) >= 11 is 1.48. The van der Waals surface area contributed by atoms with Crippen molar-refractivity contribution in [3.8, 4) is 11.6 Å². The fraction of sp³-hybridized carbons (Fsp3) is 0.440. The highest BCUT2D eigenvalue weighted by Crippen LogP contribution is 2.39. The summed E-state index contributed by atoms with van der Waals surface area (Å²) in [6.45, 7) is 2.82. The lowest BCUT2D eigenvalue weighted by Crippen LogP contribution is -2.51. The molecule has 2 N–H and O–H groups in total. The zero-order chi connectivity index (χ0) is 24.6. The van der Waals surface area contributed by atoms with Gasteiger partial charge in [-0.2, -0.15) is 0 Å². The van der Waals surface area contributed by atoms with Gasteiger partial charge in [0.05, 0.1) is 41.8 Å². The first-order valence-electron chi connectivity index (χ1n) is 12.1. The highest BCUT2D eigenvalue weighted by Gasteiger charge is 2.34. The van der Waals surface area contributed by atoms with Crippen molar-refractivity contribution in [2.75, 3.05) is 44.4 Å². The first kappa shape index (κ1) is 23.4. The number of amides is 1. The Kier molecular flexibility index (Phi) is 6.36. The number of anilines is 1. The van der Waals surface area contributed by atoms with Gasteiger partial charge in [0.15, 0.2) is 0 Å². The quantitative estimate of drug-likeness (QED) is 0.518. The van der Waals surface area contributed by atoms with Crippen LogP contribution in [0.4, 0.5) is 10.2 Å². The van der Waals surface area contributed by atoms with Gasteiger partial charge in [-0.1, -0.05) is 0 Å². The molecule has 1 unspecified atom stereocenters. The molecule has 9 nitrogen and oxygen atoms in total. The Hall–Kier alpha value is -3.02. The number of halogens is 1. The molecule has 36 heavy (non-hydrogen) atoms. The molecule has 0 saturated carbocycles. The van der Waals surface area contributed by atoms with Gasteiger partial charge in [0.1, 0.15) is 23.3 Å². The Bertz CT molecular complexity index is 1310. The lowest BCUT2D eigenvalue weighted by Gasteiger charge is -2.36. The van der Waals surface area contributed by atoms with Crippen LogP contribution in [-0.2, 0) is 11.3 Å². The summed E-state index contributed by atoms with van der Waals surface area (Å²) in [5.74, 6) is 2.33. The largest absolute Gasteiger partial charge is 0.491 e. The Labute approximate surface area is 212 Å². The van der Waals surface area contributed by atoms with E-state index in [1.165, 1.54) is 11.8 Å². The smallest absolute Gasteiger partial charge is 0.235 e. The van der Waals surface area contributed by atoms with Crippen LogP contribution in [0.1, 0.15) is 23.6 Å². The van der Waals surface area contributed by atoms with E-state index in [4.69, 9.17) is 9.47 Å². The number of likely N-dealkylation sites (tertiary alicyclic amines) is 1. The van der Waals surface area contributed by atoms with Crippen LogP contribution >= 0.6 is 11.8 Å². The van der Waals surface area contributed by atoms with Crippen molar-refractivity contribution in [2.45, 2.75) is 36.0 Å². The summed E-state index contributed by atoms with van der Waals surface area (Å²) in [5, 5.41) is 6.14. The fourth-order valence-corrected chi connectivity index (χ4v) is 5.86. The van der Waals surface area contributed by atoms with E-state index < -0.39 is 6.17 Å². The lowest BCUT2D eigenvalue weighted by atomic mass is 9.97. The van der Waals surface area contributed by atoms with E-state index in [9.17, 15) is 4.79 Å². The van der Waals surface area contributed by atoms with E-state index in [1.54, 1.807) is 19.4 Å². The van der Waals surface area contributed by atoms with Crippen LogP contribution in [0, 0.1) is 0 Å². The number of nitrogens with zero attached hydrogens (tertiary/aromatic N) is 4. The van der Waals surface area contributed by atoms with Crippen LogP contribution in [0.15, 0.2) is 35.4 Å². The predicted octanol–water partition coefficient (Wildman–Crippen LogP) is 2.76. The molecular formula is C25H27FN6O3S. The number of ether oxygens (including phenoxy) is 2. The molecule has 6 rings (SSSR count). The maximum absolute atomic E-state index is 15.2. The number of hydrogen-bond acceptors (Lipinski definition) is 9. The van der Waals surface area contributed by atoms with E-state index in [0.29, 0.717) is 50.1 Å². The topological polar surface area (TPSA) is 102 Å². The number of pyridine rings is 3. The number of piperidine rings is 1. The molecule has 3 aromatic heterocycles. The van der Waals surface area contributed by atoms with Gasteiger partial charge in [0.25, 0.3) is 0 Å². The summed E-state index contributed by atoms with van der Waals surface area (Å²) in [6.07, 6.45) is 1.45. The molecule has 3 aliphatic heterocycles. The molecule has 0 bridgehead atoms. The molecule has 1 amide bonds. The van der Waals surface area contributed by atoms with Crippen molar-refractivity contribution in [3.05, 3.63) is 41.7 Å². The van der Waals surface area contributed by atoms with Gasteiger partial charge in [0, 0.05) is 43.2 Å². The normalized spacial score (nSPS) is 23.6. The summed E-state index contributed by atoms with van der Waals surface area (Å²) in [4.78, 5) is 28.4. The second-order valence-electron chi connectivity index (χ2n) is 9.30. The molecule has 0 radical (unpaired) electrons. The second-order valence-corrected chi connectivity index (χ2v) is 10.3. The molecule has 1 fully saturated rings. The number of thioether (sulfide) groups is 1. The standard InChI is InChI=1S/C25H27FN6O3S/c1-34-22-5-3-18-24(31-22)23-14(12-35-19(23)9-28-18)10-32-7-6-17(16(26)11-32)27-8-15-2-4-20-25(29-15)30-21(33)13-36-20/h2-5,9,14,16-17,27H,6-8,10-13H2,1H3,(H,29,30,33)/t14?,16-,17-/m0/s1. The van der Waals surface area contributed by atoms with Gasteiger partial charge in [-0.05, 0) is 31.2 Å². The maximum Gasteiger partial charge on any atom is 0.235 e. The van der Waals surface area contributed by atoms with Gasteiger partial charge in [-0.3, -0.25) is 14.7 Å². The number of carbonyl (C=O) groups is 1. The van der Waals surface area contributed by atoms with Crippen LogP contribution in [0.25, 0.3) is 11.0 Å². The van der Waals surface area contributed by atoms with Gasteiger partial charge >= 0.3 is 0 Å². The Morgan fingerprint density at radius 3 is 3.08 bits per heavy atom. The number of nitrogens with one attached hydrogen (secondary N) is 2. The van der Waals surface area contributed by atoms with Gasteiger partial charge < -0.3 is 20.1 Å². The summed E-state index contributed by atoms with van der Waals surface area (Å²) in [5.41, 5.74) is 3.40. The van der Waals surface area contributed by atoms with Crippen molar-refractivity contribution in [1.29, 1.82) is 0 Å². The van der Waals surface area contributed by atoms with Crippen molar-refractivity contribution >= 4 is 34.5 Å². The zero-order valence-electron chi connectivity index (χ0n) is 19.9. The first-order valence-corrected chi connectivity index (χ1v) is 13.0. The molecular weight excluding hydrogens is 483 g/mol. The van der Waals surface area contributed by atoms with Crippen molar-refractivity contribution in [2.24, 2.45) is 0 Å². The SMILES string of the molecule is COc1ccc2ncc3c(c2n1)C(CN1CC[C@H](NCc2ccc4c(n2)NC(=O)CS4)[C@@H](F)C1)CO3. The fourth-order valence-electron chi connectivity index (χ4n) is 5.11. The Morgan fingerprint density at radius 2 is 2.22 bits per heavy atom.